The Balaban J connectivity index is 2.49. The van der Waals surface area contributed by atoms with E-state index in [0.29, 0.717) is 19.3 Å². The molecule has 8 atom stereocenters. The quantitative estimate of drug-likeness (QED) is 0.0148. The van der Waals surface area contributed by atoms with E-state index in [2.05, 4.69) is 74.6 Å². The Morgan fingerprint density at radius 2 is 0.921 bits per heavy atom. The molecular formula is C49H83O13P. The number of phosphoric ester groups is 1. The summed E-state index contributed by atoms with van der Waals surface area (Å²) in [6.45, 7) is 3.13. The lowest BCUT2D eigenvalue weighted by molar-refractivity contribution is -0.220. The first-order valence-corrected chi connectivity index (χ1v) is 25.2. The van der Waals surface area contributed by atoms with E-state index in [0.717, 1.165) is 64.2 Å². The van der Waals surface area contributed by atoms with Crippen LogP contribution in [0.4, 0.5) is 0 Å². The number of hydrogen-bond donors (Lipinski definition) is 6. The first-order chi connectivity index (χ1) is 30.4. The molecule has 6 unspecified atom stereocenters. The summed E-state index contributed by atoms with van der Waals surface area (Å²) in [5.41, 5.74) is 0. The van der Waals surface area contributed by atoms with Crippen LogP contribution in [-0.4, -0.2) is 98.3 Å². The van der Waals surface area contributed by atoms with Gasteiger partial charge in [0.25, 0.3) is 0 Å². The minimum absolute atomic E-state index is 0.0144. The Bertz CT molecular complexity index is 1380. The topological polar surface area (TPSA) is 210 Å². The molecule has 0 amide bonds. The summed E-state index contributed by atoms with van der Waals surface area (Å²) >= 11 is 0. The average Bonchev–Trinajstić information content (AvgIpc) is 3.26. The summed E-state index contributed by atoms with van der Waals surface area (Å²) in [4.78, 5) is 35.7. The van der Waals surface area contributed by atoms with Gasteiger partial charge in [-0.05, 0) is 77.0 Å². The third-order valence-electron chi connectivity index (χ3n) is 10.5. The van der Waals surface area contributed by atoms with Crippen LogP contribution in [0.2, 0.25) is 0 Å². The lowest BCUT2D eigenvalue weighted by Crippen LogP contribution is -2.64. The molecule has 0 aromatic rings. The number of phosphoric acid groups is 1. The minimum Gasteiger partial charge on any atom is -0.462 e. The highest BCUT2D eigenvalue weighted by Crippen LogP contribution is 2.47. The third-order valence-corrected chi connectivity index (χ3v) is 11.5. The second-order valence-corrected chi connectivity index (χ2v) is 17.6. The molecule has 1 fully saturated rings. The van der Waals surface area contributed by atoms with Crippen LogP contribution in [0, 0.1) is 0 Å². The number of allylic oxidation sites excluding steroid dienone is 12. The van der Waals surface area contributed by atoms with Crippen molar-refractivity contribution in [3.63, 3.8) is 0 Å². The summed E-state index contributed by atoms with van der Waals surface area (Å²) < 4.78 is 33.5. The molecule has 0 heterocycles. The fraction of sp³-hybridized carbons (Fsp3) is 0.714. The maximum absolute atomic E-state index is 12.8. The second kappa shape index (κ2) is 38.5. The smallest absolute Gasteiger partial charge is 0.462 e. The average molecular weight is 911 g/mol. The van der Waals surface area contributed by atoms with Crippen molar-refractivity contribution < 1.29 is 63.1 Å². The zero-order valence-electron chi connectivity index (χ0n) is 38.3. The molecule has 63 heavy (non-hydrogen) atoms. The first kappa shape index (κ1) is 58.3. The highest BCUT2D eigenvalue weighted by atomic mass is 31.2. The Morgan fingerprint density at radius 1 is 0.508 bits per heavy atom. The molecule has 1 aliphatic carbocycles. The molecule has 14 heteroatoms. The summed E-state index contributed by atoms with van der Waals surface area (Å²) in [7, 11) is -5.14. The predicted molar refractivity (Wildman–Crippen MR) is 249 cm³/mol. The standard InChI is InChI=1S/C49H83O13P/c1-3-5-7-9-11-13-15-17-19-21-23-25-27-29-31-33-35-37-42(50)59-39-41(40-60-63(57,58)62-49-47(55)45(53)44(52)46(54)48(49)56)61-43(51)38-36-34-32-30-28-26-24-22-20-18-16-14-12-10-8-6-4-2/h6,8,12,14,17-20,24,26,30,32,41,44-49,52-56H,3-5,7,9-11,13,15-16,21-23,25,27-29,31,33-40H2,1-2H3,(H,57,58)/b8-6-,14-12-,19-17-,20-18-,26-24-,32-30-/t41-,44?,45-,46?,47?,48?,49?/m1/s1. The third kappa shape index (κ3) is 31.0. The van der Waals surface area contributed by atoms with Crippen LogP contribution in [-0.2, 0) is 32.7 Å². The number of carbonyl (C=O) groups excluding carboxylic acids is 2. The number of esters is 2. The zero-order valence-corrected chi connectivity index (χ0v) is 39.2. The number of hydrogen-bond acceptors (Lipinski definition) is 12. The van der Waals surface area contributed by atoms with Crippen LogP contribution in [0.1, 0.15) is 168 Å². The van der Waals surface area contributed by atoms with Gasteiger partial charge in [0, 0.05) is 12.8 Å². The van der Waals surface area contributed by atoms with E-state index in [1.807, 2.05) is 12.2 Å². The van der Waals surface area contributed by atoms with Gasteiger partial charge in [-0.1, -0.05) is 151 Å². The summed E-state index contributed by atoms with van der Waals surface area (Å²) in [5, 5.41) is 50.2. The normalized spacial score (nSPS) is 22.3. The van der Waals surface area contributed by atoms with Gasteiger partial charge in [-0.3, -0.25) is 18.6 Å². The maximum Gasteiger partial charge on any atom is 0.472 e. The van der Waals surface area contributed by atoms with Crippen LogP contribution in [0.3, 0.4) is 0 Å². The molecule has 1 saturated carbocycles. The number of rotatable bonds is 38. The van der Waals surface area contributed by atoms with Crippen molar-refractivity contribution in [2.75, 3.05) is 13.2 Å². The zero-order chi connectivity index (χ0) is 46.4. The lowest BCUT2D eigenvalue weighted by Gasteiger charge is -2.41. The van der Waals surface area contributed by atoms with Crippen LogP contribution in [0.15, 0.2) is 72.9 Å². The van der Waals surface area contributed by atoms with Crippen LogP contribution < -0.4 is 0 Å². The van der Waals surface area contributed by atoms with Gasteiger partial charge in [0.1, 0.15) is 43.2 Å². The van der Waals surface area contributed by atoms with E-state index in [1.54, 1.807) is 0 Å². The Hall–Kier alpha value is -2.71. The fourth-order valence-corrected chi connectivity index (χ4v) is 7.70. The van der Waals surface area contributed by atoms with Gasteiger partial charge >= 0.3 is 19.8 Å². The van der Waals surface area contributed by atoms with Gasteiger partial charge < -0.3 is 39.9 Å². The molecule has 0 aromatic carbocycles. The number of ether oxygens (including phenoxy) is 2. The number of aliphatic hydroxyl groups is 5. The lowest BCUT2D eigenvalue weighted by atomic mass is 9.85. The van der Waals surface area contributed by atoms with Gasteiger partial charge in [-0.25, -0.2) is 4.57 Å². The van der Waals surface area contributed by atoms with E-state index >= 15 is 0 Å². The molecule has 362 valence electrons. The highest BCUT2D eigenvalue weighted by Gasteiger charge is 2.51. The molecular weight excluding hydrogens is 828 g/mol. The molecule has 0 bridgehead atoms. The number of aliphatic hydroxyl groups excluding tert-OH is 5. The van der Waals surface area contributed by atoms with Gasteiger partial charge in [0.2, 0.25) is 0 Å². The Kier molecular flexibility index (Phi) is 35.7. The largest absolute Gasteiger partial charge is 0.472 e. The van der Waals surface area contributed by atoms with E-state index < -0.39 is 75.7 Å². The highest BCUT2D eigenvalue weighted by molar-refractivity contribution is 7.47. The van der Waals surface area contributed by atoms with Gasteiger partial charge in [-0.15, -0.1) is 0 Å². The molecule has 0 radical (unpaired) electrons. The summed E-state index contributed by atoms with van der Waals surface area (Å²) in [5.74, 6) is -1.18. The Morgan fingerprint density at radius 3 is 1.44 bits per heavy atom. The molecule has 0 spiro atoms. The van der Waals surface area contributed by atoms with Crippen molar-refractivity contribution >= 4 is 19.8 Å². The van der Waals surface area contributed by atoms with Crippen molar-refractivity contribution in [1.82, 2.24) is 0 Å². The molecule has 0 aliphatic heterocycles. The Labute approximate surface area is 378 Å². The van der Waals surface area contributed by atoms with Crippen LogP contribution in [0.25, 0.3) is 0 Å². The first-order valence-electron chi connectivity index (χ1n) is 23.7. The van der Waals surface area contributed by atoms with Crippen molar-refractivity contribution in [3.8, 4) is 0 Å². The minimum atomic E-state index is -5.14. The van der Waals surface area contributed by atoms with Crippen molar-refractivity contribution in [3.05, 3.63) is 72.9 Å². The van der Waals surface area contributed by atoms with E-state index in [-0.39, 0.29) is 12.8 Å². The molecule has 1 aliphatic rings. The summed E-state index contributed by atoms with van der Waals surface area (Å²) in [6, 6.07) is 0. The van der Waals surface area contributed by atoms with Crippen molar-refractivity contribution in [2.24, 2.45) is 0 Å². The molecule has 0 aromatic heterocycles. The van der Waals surface area contributed by atoms with Crippen LogP contribution in [0.5, 0.6) is 0 Å². The predicted octanol–water partition coefficient (Wildman–Crippen LogP) is 9.50. The number of carbonyl (C=O) groups is 2. The van der Waals surface area contributed by atoms with Gasteiger partial charge in [0.15, 0.2) is 6.10 Å². The van der Waals surface area contributed by atoms with Crippen molar-refractivity contribution in [2.45, 2.75) is 211 Å². The van der Waals surface area contributed by atoms with E-state index in [9.17, 15) is 44.6 Å². The van der Waals surface area contributed by atoms with E-state index in [1.165, 1.54) is 57.8 Å². The molecule has 13 nitrogen and oxygen atoms in total. The molecule has 1 rings (SSSR count). The maximum atomic E-state index is 12.8. The fourth-order valence-electron chi connectivity index (χ4n) is 6.73. The van der Waals surface area contributed by atoms with Gasteiger partial charge in [0.05, 0.1) is 6.61 Å². The second-order valence-electron chi connectivity index (χ2n) is 16.2. The SMILES string of the molecule is CC/C=C\C/C=C\C/C=C\C/C=C\C/C=C\CCCC(=O)O[C@H](COC(=O)CCCCCCCCC/C=C\CCCCCCCC)COP(=O)(O)OC1C(O)C(O)C(O)[C@@H](O)C1O. The number of unbranched alkanes of at least 4 members (excludes halogenated alkanes) is 14. The summed E-state index contributed by atoms with van der Waals surface area (Å²) in [6.07, 6.45) is 35.3. The van der Waals surface area contributed by atoms with E-state index in [4.69, 9.17) is 18.5 Å². The monoisotopic (exact) mass is 911 g/mol. The van der Waals surface area contributed by atoms with Crippen LogP contribution >= 0.6 is 7.82 Å². The molecule has 6 N–H and O–H groups in total. The van der Waals surface area contributed by atoms with Crippen molar-refractivity contribution in [1.29, 1.82) is 0 Å². The molecule has 0 saturated heterocycles. The van der Waals surface area contributed by atoms with Gasteiger partial charge in [-0.2, -0.15) is 0 Å².